The number of halogens is 1. The third-order valence-electron chi connectivity index (χ3n) is 0.833. The average Bonchev–Trinajstić information content (AvgIpc) is 1.81. The van der Waals surface area contributed by atoms with Crippen molar-refractivity contribution in [2.45, 2.75) is 6.42 Å². The summed E-state index contributed by atoms with van der Waals surface area (Å²) in [5.74, 6) is 0. The highest BCUT2D eigenvalue weighted by molar-refractivity contribution is 4.45. The summed E-state index contributed by atoms with van der Waals surface area (Å²) >= 11 is 0. The molecule has 0 unspecified atom stereocenters. The van der Waals surface area contributed by atoms with Gasteiger partial charge in [-0.25, -0.2) is 0 Å². The molecule has 0 spiro atoms. The molecule has 0 aliphatic heterocycles. The Labute approximate surface area is 54.6 Å². The molecule has 0 aliphatic rings. The quantitative estimate of drug-likeness (QED) is 0.430. The average molecular weight is 138 g/mol. The smallest absolute Gasteiger partial charge is 0.0443 e. The lowest BCUT2D eigenvalue weighted by molar-refractivity contribution is 0.286. The van der Waals surface area contributed by atoms with Gasteiger partial charge in [0.2, 0.25) is 0 Å². The van der Waals surface area contributed by atoms with Crippen molar-refractivity contribution in [1.82, 2.24) is 5.32 Å². The van der Waals surface area contributed by atoms with Crippen LogP contribution in [0.25, 0.3) is 0 Å². The number of nitrogens with two attached hydrogens (primary N) is 1. The molecule has 0 bridgehead atoms. The van der Waals surface area contributed by atoms with Gasteiger partial charge in [0.25, 0.3) is 0 Å². The van der Waals surface area contributed by atoms with Crippen LogP contribution in [0, 0.1) is 0 Å². The van der Waals surface area contributed by atoms with Crippen LogP contribution in [0.2, 0.25) is 0 Å². The molecule has 3 nitrogen and oxygen atoms in total. The Bertz CT molecular complexity index is 39.9. The van der Waals surface area contributed by atoms with Crippen molar-refractivity contribution >= 4 is 0 Å². The van der Waals surface area contributed by atoms with Gasteiger partial charge in [0, 0.05) is 19.7 Å². The van der Waals surface area contributed by atoms with Crippen LogP contribution in [0.4, 0.5) is 4.70 Å². The van der Waals surface area contributed by atoms with Crippen LogP contribution in [0.5, 0.6) is 0 Å². The van der Waals surface area contributed by atoms with Gasteiger partial charge in [-0.05, 0) is 13.0 Å². The van der Waals surface area contributed by atoms with E-state index in [1.54, 1.807) is 0 Å². The molecule has 0 fully saturated rings. The van der Waals surface area contributed by atoms with Crippen LogP contribution >= 0.6 is 0 Å². The minimum atomic E-state index is 0. The Hall–Kier alpha value is -0.190. The molecule has 0 aromatic rings. The molecule has 0 aliphatic carbocycles. The number of hydrogen-bond acceptors (Lipinski definition) is 3. The Balaban J connectivity index is 0. The van der Waals surface area contributed by atoms with Crippen LogP contribution in [-0.2, 0) is 0 Å². The topological polar surface area (TPSA) is 58.3 Å². The van der Waals surface area contributed by atoms with Crippen molar-refractivity contribution in [1.29, 1.82) is 0 Å². The first-order valence-electron chi connectivity index (χ1n) is 2.93. The van der Waals surface area contributed by atoms with E-state index in [1.165, 1.54) is 0 Å². The predicted molar refractivity (Wildman–Crippen MR) is 36.1 cm³/mol. The van der Waals surface area contributed by atoms with E-state index in [1.807, 2.05) is 0 Å². The van der Waals surface area contributed by atoms with Gasteiger partial charge in [-0.3, -0.25) is 4.70 Å². The molecule has 9 heavy (non-hydrogen) atoms. The summed E-state index contributed by atoms with van der Waals surface area (Å²) in [5.41, 5.74) is 5.19. The van der Waals surface area contributed by atoms with Crippen LogP contribution in [0.1, 0.15) is 6.42 Å². The van der Waals surface area contributed by atoms with Crippen LogP contribution < -0.4 is 11.1 Å². The number of aliphatic hydroxyl groups excluding tert-OH is 1. The van der Waals surface area contributed by atoms with Crippen LogP contribution in [0.15, 0.2) is 0 Å². The number of hydrogen-bond donors (Lipinski definition) is 3. The summed E-state index contributed by atoms with van der Waals surface area (Å²) in [5, 5.41) is 11.3. The first kappa shape index (κ1) is 11.6. The van der Waals surface area contributed by atoms with Gasteiger partial charge in [-0.1, -0.05) is 0 Å². The Morgan fingerprint density at radius 2 is 2.00 bits per heavy atom. The highest BCUT2D eigenvalue weighted by Gasteiger charge is 1.81. The van der Waals surface area contributed by atoms with E-state index in [9.17, 15) is 0 Å². The molecule has 0 aromatic heterocycles. The highest BCUT2D eigenvalue weighted by atomic mass is 19.0. The van der Waals surface area contributed by atoms with E-state index in [0.717, 1.165) is 19.5 Å². The van der Waals surface area contributed by atoms with E-state index >= 15 is 0 Å². The second-order valence-corrected chi connectivity index (χ2v) is 1.62. The largest absolute Gasteiger partial charge is 0.396 e. The Morgan fingerprint density at radius 3 is 2.44 bits per heavy atom. The van der Waals surface area contributed by atoms with E-state index in [2.05, 4.69) is 5.32 Å². The molecule has 0 heterocycles. The fourth-order valence-electron chi connectivity index (χ4n) is 0.431. The van der Waals surface area contributed by atoms with Gasteiger partial charge in [-0.15, -0.1) is 0 Å². The molecule has 0 amide bonds. The lowest BCUT2D eigenvalue weighted by atomic mass is 10.4. The first-order chi connectivity index (χ1) is 3.91. The SMILES string of the molecule is F.NCCNCCCO. The van der Waals surface area contributed by atoms with Gasteiger partial charge in [0.05, 0.1) is 0 Å². The first-order valence-corrected chi connectivity index (χ1v) is 2.93. The Morgan fingerprint density at radius 1 is 1.33 bits per heavy atom. The molecule has 0 rings (SSSR count). The number of rotatable bonds is 5. The van der Waals surface area contributed by atoms with Gasteiger partial charge in [-0.2, -0.15) is 0 Å². The van der Waals surface area contributed by atoms with Crippen LogP contribution in [0.3, 0.4) is 0 Å². The third-order valence-corrected chi connectivity index (χ3v) is 0.833. The van der Waals surface area contributed by atoms with E-state index in [4.69, 9.17) is 10.8 Å². The normalized spacial score (nSPS) is 8.67. The van der Waals surface area contributed by atoms with E-state index < -0.39 is 0 Å². The molecular weight excluding hydrogens is 123 g/mol. The third kappa shape index (κ3) is 11.4. The summed E-state index contributed by atoms with van der Waals surface area (Å²) in [6.45, 7) is 2.65. The Kier molecular flexibility index (Phi) is 13.8. The van der Waals surface area contributed by atoms with Gasteiger partial charge in [0.1, 0.15) is 0 Å². The van der Waals surface area contributed by atoms with Gasteiger partial charge in [0.15, 0.2) is 0 Å². The van der Waals surface area contributed by atoms with Crippen molar-refractivity contribution in [3.63, 3.8) is 0 Å². The summed E-state index contributed by atoms with van der Waals surface area (Å²) in [7, 11) is 0. The van der Waals surface area contributed by atoms with Crippen molar-refractivity contribution in [2.75, 3.05) is 26.2 Å². The molecule has 4 N–H and O–H groups in total. The van der Waals surface area contributed by atoms with Crippen molar-refractivity contribution in [3.05, 3.63) is 0 Å². The maximum Gasteiger partial charge on any atom is 0.0443 e. The van der Waals surface area contributed by atoms with Crippen LogP contribution in [-0.4, -0.2) is 31.3 Å². The molecule has 0 radical (unpaired) electrons. The van der Waals surface area contributed by atoms with Crippen molar-refractivity contribution in [2.24, 2.45) is 5.73 Å². The number of aliphatic hydroxyl groups is 1. The molecule has 0 atom stereocenters. The minimum Gasteiger partial charge on any atom is -0.396 e. The lowest BCUT2D eigenvalue weighted by Crippen LogP contribution is -2.23. The monoisotopic (exact) mass is 138 g/mol. The second-order valence-electron chi connectivity index (χ2n) is 1.62. The number of nitrogens with one attached hydrogen (secondary N) is 1. The zero-order valence-corrected chi connectivity index (χ0v) is 5.47. The highest BCUT2D eigenvalue weighted by Crippen LogP contribution is 1.68. The van der Waals surface area contributed by atoms with Crippen molar-refractivity contribution in [3.8, 4) is 0 Å². The second kappa shape index (κ2) is 10.7. The zero-order chi connectivity index (χ0) is 6.24. The fraction of sp³-hybridized carbons (Fsp3) is 1.00. The molecule has 58 valence electrons. The molecule has 0 saturated heterocycles. The standard InChI is InChI=1S/C5H14N2O.FH/c6-2-4-7-3-1-5-8;/h7-8H,1-6H2;1H. The summed E-state index contributed by atoms with van der Waals surface area (Å²) < 4.78 is 0. The maximum atomic E-state index is 8.29. The van der Waals surface area contributed by atoms with Crippen molar-refractivity contribution < 1.29 is 9.81 Å². The molecule has 0 aromatic carbocycles. The van der Waals surface area contributed by atoms with E-state index in [0.29, 0.717) is 6.54 Å². The fourth-order valence-corrected chi connectivity index (χ4v) is 0.431. The molecular formula is C5H15FN2O. The lowest BCUT2D eigenvalue weighted by Gasteiger charge is -1.97. The van der Waals surface area contributed by atoms with E-state index in [-0.39, 0.29) is 11.3 Å². The summed E-state index contributed by atoms with van der Waals surface area (Å²) in [6, 6.07) is 0. The zero-order valence-electron chi connectivity index (χ0n) is 5.47. The minimum absolute atomic E-state index is 0. The maximum absolute atomic E-state index is 8.29. The molecule has 4 heteroatoms. The predicted octanol–water partition coefficient (Wildman–Crippen LogP) is -0.930. The van der Waals surface area contributed by atoms with Gasteiger partial charge >= 0.3 is 0 Å². The molecule has 0 saturated carbocycles. The summed E-state index contributed by atoms with van der Waals surface area (Å²) in [4.78, 5) is 0. The van der Waals surface area contributed by atoms with Gasteiger partial charge < -0.3 is 16.2 Å². The summed E-state index contributed by atoms with van der Waals surface area (Å²) in [6.07, 6.45) is 0.819.